The first-order valence-electron chi connectivity index (χ1n) is 6.50. The summed E-state index contributed by atoms with van der Waals surface area (Å²) in [7, 11) is 1.65. The van der Waals surface area contributed by atoms with Crippen molar-refractivity contribution >= 4 is 11.7 Å². The number of amides is 2. The molecule has 0 aromatic heterocycles. The molecule has 0 spiro atoms. The number of carbonyl (C=O) groups excluding carboxylic acids is 1. The molecule has 0 saturated carbocycles. The maximum absolute atomic E-state index is 11.8. The van der Waals surface area contributed by atoms with E-state index in [-0.39, 0.29) is 11.6 Å². The van der Waals surface area contributed by atoms with E-state index in [0.29, 0.717) is 5.92 Å². The van der Waals surface area contributed by atoms with Gasteiger partial charge in [0, 0.05) is 11.2 Å². The molecule has 1 aromatic carbocycles. The van der Waals surface area contributed by atoms with Crippen molar-refractivity contribution in [2.75, 3.05) is 12.4 Å². The summed E-state index contributed by atoms with van der Waals surface area (Å²) < 4.78 is 5.32. The number of benzene rings is 1. The number of nitrogens with one attached hydrogen (secondary N) is 2. The third-order valence-corrected chi connectivity index (χ3v) is 2.60. The molecule has 0 bridgehead atoms. The zero-order valence-electron chi connectivity index (χ0n) is 12.6. The van der Waals surface area contributed by atoms with Crippen LogP contribution < -0.4 is 15.4 Å². The van der Waals surface area contributed by atoms with Crippen LogP contribution >= 0.6 is 0 Å². The van der Waals surface area contributed by atoms with Gasteiger partial charge in [-0.3, -0.25) is 0 Å². The highest BCUT2D eigenvalue weighted by molar-refractivity contribution is 5.89. The van der Waals surface area contributed by atoms with E-state index < -0.39 is 0 Å². The molecule has 0 radical (unpaired) electrons. The van der Waals surface area contributed by atoms with Crippen LogP contribution in [-0.4, -0.2) is 18.7 Å². The number of ether oxygens (including phenoxy) is 1. The lowest BCUT2D eigenvalue weighted by molar-refractivity contribution is 0.244. The van der Waals surface area contributed by atoms with Gasteiger partial charge in [0.2, 0.25) is 0 Å². The van der Waals surface area contributed by atoms with Crippen molar-refractivity contribution in [2.24, 2.45) is 0 Å². The van der Waals surface area contributed by atoms with Crippen LogP contribution in [0.3, 0.4) is 0 Å². The minimum Gasteiger partial charge on any atom is -0.496 e. The van der Waals surface area contributed by atoms with Gasteiger partial charge in [0.25, 0.3) is 0 Å². The van der Waals surface area contributed by atoms with Crippen molar-refractivity contribution in [3.8, 4) is 5.75 Å². The van der Waals surface area contributed by atoms with Gasteiger partial charge in [0.15, 0.2) is 0 Å². The molecule has 1 aromatic rings. The molecule has 0 aliphatic carbocycles. The number of hydrogen-bond acceptors (Lipinski definition) is 2. The summed E-state index contributed by atoms with van der Waals surface area (Å²) in [5.74, 6) is 1.18. The van der Waals surface area contributed by atoms with Crippen LogP contribution in [0.25, 0.3) is 0 Å². The fourth-order valence-corrected chi connectivity index (χ4v) is 1.77. The molecular weight excluding hydrogens is 240 g/mol. The Balaban J connectivity index is 2.85. The third kappa shape index (κ3) is 4.81. The van der Waals surface area contributed by atoms with Gasteiger partial charge in [-0.25, -0.2) is 4.79 Å². The third-order valence-electron chi connectivity index (χ3n) is 2.60. The number of carbonyl (C=O) groups is 1. The van der Waals surface area contributed by atoms with Gasteiger partial charge in [0.05, 0.1) is 7.11 Å². The summed E-state index contributed by atoms with van der Waals surface area (Å²) in [6.07, 6.45) is 0. The van der Waals surface area contributed by atoms with Crippen LogP contribution in [-0.2, 0) is 0 Å². The molecule has 1 rings (SSSR count). The Hall–Kier alpha value is -1.71. The first kappa shape index (κ1) is 15.3. The Morgan fingerprint density at radius 3 is 2.37 bits per heavy atom. The molecule has 0 atom stereocenters. The minimum atomic E-state index is -0.253. The smallest absolute Gasteiger partial charge is 0.319 e. The number of methoxy groups -OCH3 is 1. The van der Waals surface area contributed by atoms with E-state index in [2.05, 4.69) is 24.5 Å². The molecule has 0 unspecified atom stereocenters. The van der Waals surface area contributed by atoms with Gasteiger partial charge in [-0.15, -0.1) is 0 Å². The quantitative estimate of drug-likeness (QED) is 0.873. The fourth-order valence-electron chi connectivity index (χ4n) is 1.77. The van der Waals surface area contributed by atoms with Crippen molar-refractivity contribution < 1.29 is 9.53 Å². The topological polar surface area (TPSA) is 50.4 Å². The van der Waals surface area contributed by atoms with Crippen LogP contribution in [0.1, 0.15) is 46.1 Å². The van der Waals surface area contributed by atoms with E-state index in [1.165, 1.54) is 0 Å². The first-order valence-corrected chi connectivity index (χ1v) is 6.50. The Bertz CT molecular complexity index is 448. The zero-order chi connectivity index (χ0) is 14.6. The molecule has 0 aliphatic heterocycles. The predicted octanol–water partition coefficient (Wildman–Crippen LogP) is 3.74. The second-order valence-corrected chi connectivity index (χ2v) is 5.94. The molecule has 4 heteroatoms. The predicted molar refractivity (Wildman–Crippen MR) is 79.0 cm³/mol. The number of hydrogen-bond donors (Lipinski definition) is 2. The van der Waals surface area contributed by atoms with Gasteiger partial charge in [0.1, 0.15) is 5.75 Å². The van der Waals surface area contributed by atoms with E-state index in [9.17, 15) is 4.79 Å². The molecule has 4 nitrogen and oxygen atoms in total. The van der Waals surface area contributed by atoms with E-state index in [1.807, 2.05) is 39.0 Å². The van der Waals surface area contributed by atoms with Crippen molar-refractivity contribution in [2.45, 2.75) is 46.1 Å². The Morgan fingerprint density at radius 1 is 1.26 bits per heavy atom. The van der Waals surface area contributed by atoms with Crippen LogP contribution in [0, 0.1) is 0 Å². The Kier molecular flexibility index (Phi) is 4.81. The highest BCUT2D eigenvalue weighted by Crippen LogP contribution is 2.29. The lowest BCUT2D eigenvalue weighted by Crippen LogP contribution is -2.43. The van der Waals surface area contributed by atoms with Crippen molar-refractivity contribution in [1.29, 1.82) is 0 Å². The van der Waals surface area contributed by atoms with Crippen molar-refractivity contribution in [3.63, 3.8) is 0 Å². The summed E-state index contributed by atoms with van der Waals surface area (Å²) >= 11 is 0. The van der Waals surface area contributed by atoms with Gasteiger partial charge in [-0.05, 0) is 50.5 Å². The van der Waals surface area contributed by atoms with Crippen LogP contribution in [0.2, 0.25) is 0 Å². The first-order chi connectivity index (χ1) is 8.73. The van der Waals surface area contributed by atoms with E-state index >= 15 is 0 Å². The molecular formula is C15H24N2O2. The highest BCUT2D eigenvalue weighted by atomic mass is 16.5. The van der Waals surface area contributed by atoms with E-state index in [4.69, 9.17) is 4.74 Å². The van der Waals surface area contributed by atoms with Crippen molar-refractivity contribution in [3.05, 3.63) is 23.8 Å². The maximum atomic E-state index is 11.8. The van der Waals surface area contributed by atoms with Gasteiger partial charge in [-0.2, -0.15) is 0 Å². The summed E-state index contributed by atoms with van der Waals surface area (Å²) in [4.78, 5) is 11.8. The lowest BCUT2D eigenvalue weighted by atomic mass is 10.0. The highest BCUT2D eigenvalue weighted by Gasteiger charge is 2.14. The van der Waals surface area contributed by atoms with Gasteiger partial charge in [-0.1, -0.05) is 13.8 Å². The monoisotopic (exact) mass is 264 g/mol. The zero-order valence-corrected chi connectivity index (χ0v) is 12.6. The van der Waals surface area contributed by atoms with E-state index in [0.717, 1.165) is 17.0 Å². The van der Waals surface area contributed by atoms with Crippen LogP contribution in [0.4, 0.5) is 10.5 Å². The normalized spacial score (nSPS) is 11.3. The van der Waals surface area contributed by atoms with Crippen molar-refractivity contribution in [1.82, 2.24) is 5.32 Å². The van der Waals surface area contributed by atoms with Crippen LogP contribution in [0.15, 0.2) is 18.2 Å². The summed E-state index contributed by atoms with van der Waals surface area (Å²) in [5, 5.41) is 5.70. The summed E-state index contributed by atoms with van der Waals surface area (Å²) in [6.45, 7) is 10.0. The molecule has 0 saturated heterocycles. The average molecular weight is 264 g/mol. The minimum absolute atomic E-state index is 0.202. The molecule has 0 heterocycles. The SMILES string of the molecule is COc1ccc(NC(=O)NC(C)(C)C)cc1C(C)C. The summed E-state index contributed by atoms with van der Waals surface area (Å²) in [6, 6.07) is 5.47. The second kappa shape index (κ2) is 5.95. The maximum Gasteiger partial charge on any atom is 0.319 e. The lowest BCUT2D eigenvalue weighted by Gasteiger charge is -2.21. The average Bonchev–Trinajstić information content (AvgIpc) is 2.26. The Morgan fingerprint density at radius 2 is 1.89 bits per heavy atom. The van der Waals surface area contributed by atoms with Gasteiger partial charge < -0.3 is 15.4 Å². The molecule has 19 heavy (non-hydrogen) atoms. The second-order valence-electron chi connectivity index (χ2n) is 5.94. The summed E-state index contributed by atoms with van der Waals surface area (Å²) in [5.41, 5.74) is 1.60. The standard InChI is InChI=1S/C15H24N2O2/c1-10(2)12-9-11(7-8-13(12)19-6)16-14(18)17-15(3,4)5/h7-10H,1-6H3,(H2,16,17,18). The molecule has 2 N–H and O–H groups in total. The number of rotatable bonds is 3. The number of urea groups is 1. The largest absolute Gasteiger partial charge is 0.496 e. The molecule has 0 fully saturated rings. The molecule has 0 aliphatic rings. The number of anilines is 1. The Labute approximate surface area is 115 Å². The fraction of sp³-hybridized carbons (Fsp3) is 0.533. The van der Waals surface area contributed by atoms with E-state index in [1.54, 1.807) is 7.11 Å². The molecule has 2 amide bonds. The van der Waals surface area contributed by atoms with Gasteiger partial charge >= 0.3 is 6.03 Å². The molecule has 106 valence electrons. The van der Waals surface area contributed by atoms with Crippen LogP contribution in [0.5, 0.6) is 5.75 Å².